The number of nitrogens with zero attached hydrogens (tertiary/aromatic N) is 1. The number of carbonyl (C=O) groups excluding carboxylic acids is 1. The van der Waals surface area contributed by atoms with Gasteiger partial charge in [0.15, 0.2) is 5.78 Å². The maximum Gasteiger partial charge on any atom is 0.272 e. The zero-order valence-corrected chi connectivity index (χ0v) is 8.00. The van der Waals surface area contributed by atoms with Gasteiger partial charge < -0.3 is 0 Å². The van der Waals surface area contributed by atoms with Crippen LogP contribution in [0.25, 0.3) is 10.9 Å². The summed E-state index contributed by atoms with van der Waals surface area (Å²) in [6.07, 6.45) is 0. The quantitative estimate of drug-likeness (QED) is 0.684. The number of aromatic nitrogens is 2. The maximum absolute atomic E-state index is 11.5. The van der Waals surface area contributed by atoms with Crippen molar-refractivity contribution in [2.24, 2.45) is 7.05 Å². The van der Waals surface area contributed by atoms with Crippen molar-refractivity contribution in [2.75, 3.05) is 0 Å². The molecule has 72 valence electrons. The second-order valence-corrected chi connectivity index (χ2v) is 3.26. The van der Waals surface area contributed by atoms with Crippen molar-refractivity contribution in [1.29, 1.82) is 0 Å². The fraction of sp³-hybridized carbons (Fsp3) is 0.200. The number of aryl methyl sites for hydroxylation is 1. The van der Waals surface area contributed by atoms with E-state index in [0.29, 0.717) is 10.9 Å². The van der Waals surface area contributed by atoms with Crippen molar-refractivity contribution in [3.63, 3.8) is 0 Å². The number of hydrogen-bond acceptors (Lipinski definition) is 2. The molecule has 1 aromatic carbocycles. The lowest BCUT2D eigenvalue weighted by molar-refractivity contribution is 0.101. The molecule has 0 aliphatic carbocycles. The van der Waals surface area contributed by atoms with Gasteiger partial charge in [0.1, 0.15) is 0 Å². The van der Waals surface area contributed by atoms with Gasteiger partial charge in [0.25, 0.3) is 5.56 Å². The highest BCUT2D eigenvalue weighted by Crippen LogP contribution is 2.14. The van der Waals surface area contributed by atoms with Gasteiger partial charge in [0.2, 0.25) is 0 Å². The first-order valence-electron chi connectivity index (χ1n) is 4.30. The first-order chi connectivity index (χ1) is 6.61. The van der Waals surface area contributed by atoms with Crippen molar-refractivity contribution in [1.82, 2.24) is 9.78 Å². The number of H-pyrrole nitrogens is 1. The minimum absolute atomic E-state index is 0.0905. The van der Waals surface area contributed by atoms with Crippen LogP contribution in [0, 0.1) is 0 Å². The summed E-state index contributed by atoms with van der Waals surface area (Å²) in [5.41, 5.74) is 1.01. The molecule has 0 saturated heterocycles. The van der Waals surface area contributed by atoms with E-state index in [-0.39, 0.29) is 11.3 Å². The van der Waals surface area contributed by atoms with E-state index in [9.17, 15) is 9.59 Å². The van der Waals surface area contributed by atoms with Gasteiger partial charge in [0.05, 0.1) is 10.9 Å². The predicted molar refractivity (Wildman–Crippen MR) is 53.5 cm³/mol. The largest absolute Gasteiger partial charge is 0.294 e. The molecule has 0 saturated carbocycles. The molecule has 1 aromatic heterocycles. The van der Waals surface area contributed by atoms with E-state index in [0.717, 1.165) is 5.52 Å². The molecule has 0 amide bonds. The Morgan fingerprint density at radius 1 is 1.43 bits per heavy atom. The molecule has 0 atom stereocenters. The summed E-state index contributed by atoms with van der Waals surface area (Å²) < 4.78 is 1.62. The fourth-order valence-corrected chi connectivity index (χ4v) is 1.62. The standard InChI is InChI=1S/C10H10N2O2/c1-6(13)7-4-3-5-8-9(7)10(14)11-12(8)2/h3-5H,1-2H3,(H,11,14). The second-order valence-electron chi connectivity index (χ2n) is 3.26. The van der Waals surface area contributed by atoms with Gasteiger partial charge in [-0.05, 0) is 13.0 Å². The number of rotatable bonds is 1. The molecule has 2 aromatic rings. The Morgan fingerprint density at radius 2 is 2.14 bits per heavy atom. The van der Waals surface area contributed by atoms with Crippen LogP contribution in [0.3, 0.4) is 0 Å². The lowest BCUT2D eigenvalue weighted by Gasteiger charge is -1.97. The molecule has 0 unspecified atom stereocenters. The van der Waals surface area contributed by atoms with Crippen LogP contribution in [0.5, 0.6) is 0 Å². The Bertz CT molecular complexity index is 563. The normalized spacial score (nSPS) is 10.7. The van der Waals surface area contributed by atoms with E-state index in [1.165, 1.54) is 6.92 Å². The molecular weight excluding hydrogens is 180 g/mol. The lowest BCUT2D eigenvalue weighted by Crippen LogP contribution is -2.04. The molecule has 0 fully saturated rings. The monoisotopic (exact) mass is 190 g/mol. The highest BCUT2D eigenvalue weighted by molar-refractivity contribution is 6.06. The predicted octanol–water partition coefficient (Wildman–Crippen LogP) is 1.07. The SMILES string of the molecule is CC(=O)c1cccc2c1c(=O)[nH]n2C. The number of aromatic amines is 1. The van der Waals surface area contributed by atoms with E-state index < -0.39 is 0 Å². The fourth-order valence-electron chi connectivity index (χ4n) is 1.62. The van der Waals surface area contributed by atoms with E-state index in [4.69, 9.17) is 0 Å². The van der Waals surface area contributed by atoms with Gasteiger partial charge in [-0.3, -0.25) is 19.4 Å². The van der Waals surface area contributed by atoms with Gasteiger partial charge in [-0.25, -0.2) is 0 Å². The number of benzene rings is 1. The smallest absolute Gasteiger partial charge is 0.272 e. The molecule has 1 N–H and O–H groups in total. The molecule has 1 heterocycles. The molecule has 2 rings (SSSR count). The van der Waals surface area contributed by atoms with Crippen molar-refractivity contribution in [2.45, 2.75) is 6.92 Å². The van der Waals surface area contributed by atoms with Gasteiger partial charge >= 0.3 is 0 Å². The number of fused-ring (bicyclic) bond motifs is 1. The molecule has 0 radical (unpaired) electrons. The van der Waals surface area contributed by atoms with Crippen LogP contribution in [0.2, 0.25) is 0 Å². The Morgan fingerprint density at radius 3 is 2.79 bits per heavy atom. The van der Waals surface area contributed by atoms with Crippen molar-refractivity contribution >= 4 is 16.7 Å². The van der Waals surface area contributed by atoms with E-state index >= 15 is 0 Å². The third-order valence-electron chi connectivity index (χ3n) is 2.28. The Balaban J connectivity index is 3.00. The Labute approximate surface area is 80.1 Å². The summed E-state index contributed by atoms with van der Waals surface area (Å²) >= 11 is 0. The first kappa shape index (κ1) is 8.74. The van der Waals surface area contributed by atoms with Crippen LogP contribution in [-0.2, 0) is 7.05 Å². The molecule has 4 nitrogen and oxygen atoms in total. The van der Waals surface area contributed by atoms with Gasteiger partial charge in [-0.1, -0.05) is 12.1 Å². The average molecular weight is 190 g/mol. The number of ketones is 1. The second kappa shape index (κ2) is 2.83. The molecule has 0 aliphatic heterocycles. The summed E-state index contributed by atoms with van der Waals surface area (Å²) in [4.78, 5) is 22.8. The van der Waals surface area contributed by atoms with E-state index in [1.54, 1.807) is 29.9 Å². The molecule has 0 aliphatic rings. The van der Waals surface area contributed by atoms with Crippen LogP contribution in [0.1, 0.15) is 17.3 Å². The van der Waals surface area contributed by atoms with Crippen LogP contribution in [0.4, 0.5) is 0 Å². The minimum Gasteiger partial charge on any atom is -0.294 e. The zero-order valence-electron chi connectivity index (χ0n) is 8.00. The van der Waals surface area contributed by atoms with E-state index in [2.05, 4.69) is 5.10 Å². The minimum atomic E-state index is -0.215. The topological polar surface area (TPSA) is 54.9 Å². The van der Waals surface area contributed by atoms with Crippen molar-refractivity contribution < 1.29 is 4.79 Å². The summed E-state index contributed by atoms with van der Waals surface area (Å²) in [6.45, 7) is 1.46. The number of carbonyl (C=O) groups is 1. The van der Waals surface area contributed by atoms with Gasteiger partial charge in [-0.2, -0.15) is 0 Å². The third-order valence-corrected chi connectivity index (χ3v) is 2.28. The molecule has 4 heteroatoms. The molecule has 0 spiro atoms. The maximum atomic E-state index is 11.5. The Kier molecular flexibility index (Phi) is 1.77. The van der Waals surface area contributed by atoms with Crippen LogP contribution >= 0.6 is 0 Å². The lowest BCUT2D eigenvalue weighted by atomic mass is 10.1. The average Bonchev–Trinajstić information content (AvgIpc) is 2.43. The van der Waals surface area contributed by atoms with E-state index in [1.807, 2.05) is 0 Å². The summed E-state index contributed by atoms with van der Waals surface area (Å²) in [5, 5.41) is 3.09. The molecular formula is C10H10N2O2. The Hall–Kier alpha value is -1.84. The summed E-state index contributed by atoms with van der Waals surface area (Å²) in [6, 6.07) is 5.24. The number of Topliss-reactive ketones (excluding diaryl/α,β-unsaturated/α-hetero) is 1. The van der Waals surface area contributed by atoms with Gasteiger partial charge in [-0.15, -0.1) is 0 Å². The van der Waals surface area contributed by atoms with Crippen LogP contribution in [0.15, 0.2) is 23.0 Å². The van der Waals surface area contributed by atoms with Crippen molar-refractivity contribution in [3.8, 4) is 0 Å². The molecule has 14 heavy (non-hydrogen) atoms. The number of nitrogens with one attached hydrogen (secondary N) is 1. The summed E-state index contributed by atoms with van der Waals surface area (Å²) in [5.74, 6) is -0.0905. The van der Waals surface area contributed by atoms with Crippen LogP contribution in [-0.4, -0.2) is 15.6 Å². The van der Waals surface area contributed by atoms with Crippen LogP contribution < -0.4 is 5.56 Å². The third kappa shape index (κ3) is 1.08. The first-order valence-corrected chi connectivity index (χ1v) is 4.30. The molecule has 0 bridgehead atoms. The zero-order chi connectivity index (χ0) is 10.3. The number of hydrogen-bond donors (Lipinski definition) is 1. The highest BCUT2D eigenvalue weighted by Gasteiger charge is 2.11. The summed E-state index contributed by atoms with van der Waals surface area (Å²) in [7, 11) is 1.74. The van der Waals surface area contributed by atoms with Crippen molar-refractivity contribution in [3.05, 3.63) is 34.1 Å². The highest BCUT2D eigenvalue weighted by atomic mass is 16.1. The van der Waals surface area contributed by atoms with Gasteiger partial charge in [0, 0.05) is 12.6 Å².